The largest absolute Gasteiger partial charge is 0.352 e. The average Bonchev–Trinajstić information content (AvgIpc) is 3.08. The van der Waals surface area contributed by atoms with Crippen molar-refractivity contribution in [3.8, 4) is 0 Å². The molecule has 0 aliphatic carbocycles. The van der Waals surface area contributed by atoms with Gasteiger partial charge in [-0.15, -0.1) is 0 Å². The van der Waals surface area contributed by atoms with Crippen molar-refractivity contribution in [3.63, 3.8) is 0 Å². The first kappa shape index (κ1) is 22.3. The molecule has 0 spiro atoms. The van der Waals surface area contributed by atoms with Crippen LogP contribution in [-0.2, 0) is 34.3 Å². The minimum Gasteiger partial charge on any atom is -0.352 e. The van der Waals surface area contributed by atoms with Crippen LogP contribution >= 0.6 is 11.6 Å². The summed E-state index contributed by atoms with van der Waals surface area (Å²) in [5.41, 5.74) is 2.44. The normalized spacial score (nSPS) is 11.9. The fourth-order valence-corrected chi connectivity index (χ4v) is 4.24. The Morgan fingerprint density at radius 1 is 1.17 bits per heavy atom. The number of aryl methyl sites for hydroxylation is 2. The van der Waals surface area contributed by atoms with E-state index in [4.69, 9.17) is 11.6 Å². The number of rotatable bonds is 8. The van der Waals surface area contributed by atoms with Gasteiger partial charge in [-0.1, -0.05) is 23.7 Å². The van der Waals surface area contributed by atoms with Crippen molar-refractivity contribution >= 4 is 38.6 Å². The Balaban J connectivity index is 1.72. The Morgan fingerprint density at radius 3 is 2.50 bits per heavy atom. The highest BCUT2D eigenvalue weighted by atomic mass is 35.5. The molecule has 0 unspecified atom stereocenters. The summed E-state index contributed by atoms with van der Waals surface area (Å²) < 4.78 is 28.0. The molecule has 1 aromatic heterocycles. The van der Waals surface area contributed by atoms with Crippen molar-refractivity contribution < 1.29 is 13.2 Å². The van der Waals surface area contributed by atoms with E-state index in [0.717, 1.165) is 16.9 Å². The Kier molecular flexibility index (Phi) is 6.80. The molecular weight excluding hydrogens is 424 g/mol. The number of aromatic nitrogens is 2. The first-order valence-corrected chi connectivity index (χ1v) is 11.5. The van der Waals surface area contributed by atoms with Crippen molar-refractivity contribution in [2.45, 2.75) is 37.8 Å². The van der Waals surface area contributed by atoms with E-state index < -0.39 is 10.0 Å². The van der Waals surface area contributed by atoms with Crippen LogP contribution in [0.4, 0.5) is 0 Å². The highest BCUT2D eigenvalue weighted by molar-refractivity contribution is 7.89. The predicted octanol–water partition coefficient (Wildman–Crippen LogP) is 3.21. The van der Waals surface area contributed by atoms with Crippen molar-refractivity contribution in [2.75, 3.05) is 14.1 Å². The van der Waals surface area contributed by atoms with E-state index in [1.807, 2.05) is 23.6 Å². The number of imidazole rings is 1. The molecule has 3 rings (SSSR count). The van der Waals surface area contributed by atoms with Crippen LogP contribution in [0.25, 0.3) is 11.0 Å². The highest BCUT2D eigenvalue weighted by Crippen LogP contribution is 2.22. The van der Waals surface area contributed by atoms with Gasteiger partial charge in [0.15, 0.2) is 0 Å². The SMILES string of the molecule is CCn1c(CCC(=O)NCc2ccc(Cl)cc2)nc2cc(S(=O)(=O)N(C)C)ccc21. The number of hydrogen-bond acceptors (Lipinski definition) is 4. The second kappa shape index (κ2) is 9.16. The summed E-state index contributed by atoms with van der Waals surface area (Å²) in [5.74, 6) is 0.684. The number of halogens is 1. The van der Waals surface area contributed by atoms with Gasteiger partial charge in [0.2, 0.25) is 15.9 Å². The van der Waals surface area contributed by atoms with Gasteiger partial charge in [0.25, 0.3) is 0 Å². The van der Waals surface area contributed by atoms with E-state index in [1.165, 1.54) is 18.4 Å². The molecule has 0 bridgehead atoms. The minimum atomic E-state index is -3.53. The maximum absolute atomic E-state index is 12.4. The number of benzene rings is 2. The lowest BCUT2D eigenvalue weighted by Crippen LogP contribution is -2.23. The van der Waals surface area contributed by atoms with Crippen LogP contribution in [0, 0.1) is 0 Å². The van der Waals surface area contributed by atoms with Crippen LogP contribution in [0.1, 0.15) is 24.7 Å². The first-order valence-electron chi connectivity index (χ1n) is 9.65. The summed E-state index contributed by atoms with van der Waals surface area (Å²) in [4.78, 5) is 17.1. The zero-order chi connectivity index (χ0) is 21.9. The van der Waals surface area contributed by atoms with Crippen molar-refractivity contribution in [1.82, 2.24) is 19.2 Å². The van der Waals surface area contributed by atoms with Crippen molar-refractivity contribution in [2.24, 2.45) is 0 Å². The van der Waals surface area contributed by atoms with Gasteiger partial charge in [-0.3, -0.25) is 4.79 Å². The quantitative estimate of drug-likeness (QED) is 0.573. The molecule has 0 aliphatic rings. The van der Waals surface area contributed by atoms with Crippen molar-refractivity contribution in [1.29, 1.82) is 0 Å². The van der Waals surface area contributed by atoms with E-state index in [-0.39, 0.29) is 10.8 Å². The molecule has 0 atom stereocenters. The van der Waals surface area contributed by atoms with Crippen LogP contribution in [0.2, 0.25) is 5.02 Å². The second-order valence-electron chi connectivity index (χ2n) is 7.11. The van der Waals surface area contributed by atoms with E-state index >= 15 is 0 Å². The molecule has 160 valence electrons. The third-order valence-corrected chi connectivity index (χ3v) is 6.94. The summed E-state index contributed by atoms with van der Waals surface area (Å²) in [5, 5.41) is 3.55. The number of sulfonamides is 1. The van der Waals surface area contributed by atoms with Crippen LogP contribution in [-0.4, -0.2) is 42.3 Å². The van der Waals surface area contributed by atoms with Gasteiger partial charge in [0.1, 0.15) is 5.82 Å². The third kappa shape index (κ3) is 4.83. The second-order valence-corrected chi connectivity index (χ2v) is 9.70. The first-order chi connectivity index (χ1) is 14.2. The number of nitrogens with zero attached hydrogens (tertiary/aromatic N) is 3. The molecule has 0 saturated carbocycles. The average molecular weight is 449 g/mol. The van der Waals surface area contributed by atoms with Gasteiger partial charge in [-0.05, 0) is 42.8 Å². The molecule has 7 nitrogen and oxygen atoms in total. The number of fused-ring (bicyclic) bond motifs is 1. The van der Waals surface area contributed by atoms with Gasteiger partial charge in [0, 0.05) is 45.0 Å². The number of nitrogens with one attached hydrogen (secondary N) is 1. The van der Waals surface area contributed by atoms with E-state index in [1.54, 1.807) is 30.3 Å². The number of amides is 1. The molecule has 1 N–H and O–H groups in total. The molecular formula is C21H25ClN4O3S. The fourth-order valence-electron chi connectivity index (χ4n) is 3.19. The lowest BCUT2D eigenvalue weighted by Gasteiger charge is -2.11. The Bertz CT molecular complexity index is 1150. The summed E-state index contributed by atoms with van der Waals surface area (Å²) in [6.45, 7) is 3.11. The number of hydrogen-bond donors (Lipinski definition) is 1. The lowest BCUT2D eigenvalue weighted by molar-refractivity contribution is -0.121. The van der Waals surface area contributed by atoms with Crippen molar-refractivity contribution in [3.05, 3.63) is 58.9 Å². The molecule has 2 aromatic carbocycles. The third-order valence-electron chi connectivity index (χ3n) is 4.87. The smallest absolute Gasteiger partial charge is 0.242 e. The molecule has 0 radical (unpaired) electrons. The van der Waals surface area contributed by atoms with Crippen LogP contribution in [0.5, 0.6) is 0 Å². The van der Waals surface area contributed by atoms with Gasteiger partial charge in [-0.2, -0.15) is 0 Å². The summed E-state index contributed by atoms with van der Waals surface area (Å²) in [7, 11) is -0.533. The monoisotopic (exact) mass is 448 g/mol. The standard InChI is InChI=1S/C21H25ClN4O3S/c1-4-26-19-10-9-17(30(28,29)25(2)3)13-18(19)24-20(26)11-12-21(27)23-14-15-5-7-16(22)8-6-15/h5-10,13H,4,11-12,14H2,1-3H3,(H,23,27). The zero-order valence-electron chi connectivity index (χ0n) is 17.2. The zero-order valence-corrected chi connectivity index (χ0v) is 18.8. The molecule has 1 amide bonds. The lowest BCUT2D eigenvalue weighted by atomic mass is 10.2. The molecule has 30 heavy (non-hydrogen) atoms. The van der Waals surface area contributed by atoms with Crippen LogP contribution < -0.4 is 5.32 Å². The number of carbonyl (C=O) groups is 1. The van der Waals surface area contributed by atoms with Crippen LogP contribution in [0.3, 0.4) is 0 Å². The summed E-state index contributed by atoms with van der Waals surface area (Å²) in [6.07, 6.45) is 0.754. The predicted molar refractivity (Wildman–Crippen MR) is 118 cm³/mol. The van der Waals surface area contributed by atoms with E-state index in [9.17, 15) is 13.2 Å². The van der Waals surface area contributed by atoms with Gasteiger partial charge >= 0.3 is 0 Å². The summed E-state index contributed by atoms with van der Waals surface area (Å²) >= 11 is 5.87. The summed E-state index contributed by atoms with van der Waals surface area (Å²) in [6, 6.07) is 12.3. The van der Waals surface area contributed by atoms with Crippen LogP contribution in [0.15, 0.2) is 47.4 Å². The number of carbonyl (C=O) groups excluding carboxylic acids is 1. The molecule has 0 fully saturated rings. The maximum atomic E-state index is 12.4. The minimum absolute atomic E-state index is 0.0736. The van der Waals surface area contributed by atoms with Gasteiger partial charge < -0.3 is 9.88 Å². The Morgan fingerprint density at radius 2 is 1.87 bits per heavy atom. The van der Waals surface area contributed by atoms with E-state index in [0.29, 0.717) is 36.5 Å². The van der Waals surface area contributed by atoms with Gasteiger partial charge in [0.05, 0.1) is 15.9 Å². The highest BCUT2D eigenvalue weighted by Gasteiger charge is 2.19. The van der Waals surface area contributed by atoms with E-state index in [2.05, 4.69) is 10.3 Å². The Hall–Kier alpha value is -2.42. The molecule has 9 heteroatoms. The fraction of sp³-hybridized carbons (Fsp3) is 0.333. The molecule has 0 aliphatic heterocycles. The Labute approximate surface area is 181 Å². The molecule has 1 heterocycles. The topological polar surface area (TPSA) is 84.3 Å². The molecule has 3 aromatic rings. The van der Waals surface area contributed by atoms with Gasteiger partial charge in [-0.25, -0.2) is 17.7 Å². The maximum Gasteiger partial charge on any atom is 0.242 e. The molecule has 0 saturated heterocycles.